The Balaban J connectivity index is 1.63. The molecular weight excluding hydrogens is 276 g/mol. The number of nitrogens with zero attached hydrogens (tertiary/aromatic N) is 1. The SMILES string of the molecule is CN(CC1CC(O)C1)C(=O)CCNC(=O)c1ccsc1. The molecule has 1 saturated carbocycles. The van der Waals surface area contributed by atoms with Crippen LogP contribution in [0.1, 0.15) is 29.6 Å². The summed E-state index contributed by atoms with van der Waals surface area (Å²) in [7, 11) is 1.77. The Bertz CT molecular complexity index is 455. The van der Waals surface area contributed by atoms with Crippen LogP contribution in [-0.4, -0.2) is 48.1 Å². The summed E-state index contributed by atoms with van der Waals surface area (Å²) >= 11 is 1.47. The van der Waals surface area contributed by atoms with Gasteiger partial charge in [-0.15, -0.1) is 0 Å². The Labute approximate surface area is 122 Å². The maximum absolute atomic E-state index is 11.9. The molecule has 0 saturated heterocycles. The van der Waals surface area contributed by atoms with Gasteiger partial charge in [0.1, 0.15) is 0 Å². The second-order valence-electron chi connectivity index (χ2n) is 5.28. The van der Waals surface area contributed by atoms with Crippen LogP contribution in [0.15, 0.2) is 16.8 Å². The van der Waals surface area contributed by atoms with Crippen LogP contribution in [0.2, 0.25) is 0 Å². The standard InChI is InChI=1S/C14H20N2O3S/c1-16(8-10-6-12(17)7-10)13(18)2-4-15-14(19)11-3-5-20-9-11/h3,5,9-10,12,17H,2,4,6-8H2,1H3,(H,15,19). The average molecular weight is 296 g/mol. The highest BCUT2D eigenvalue weighted by atomic mass is 32.1. The number of carbonyl (C=O) groups excluding carboxylic acids is 2. The van der Waals surface area contributed by atoms with E-state index >= 15 is 0 Å². The van der Waals surface area contributed by atoms with Crippen molar-refractivity contribution in [1.29, 1.82) is 0 Å². The molecule has 0 spiro atoms. The summed E-state index contributed by atoms with van der Waals surface area (Å²) in [4.78, 5) is 25.2. The molecule has 1 aliphatic rings. The van der Waals surface area contributed by atoms with Crippen molar-refractivity contribution in [2.75, 3.05) is 20.1 Å². The molecule has 0 radical (unpaired) electrons. The van der Waals surface area contributed by atoms with E-state index in [1.165, 1.54) is 11.3 Å². The van der Waals surface area contributed by atoms with Gasteiger partial charge in [-0.2, -0.15) is 11.3 Å². The van der Waals surface area contributed by atoms with Crippen LogP contribution in [0.25, 0.3) is 0 Å². The summed E-state index contributed by atoms with van der Waals surface area (Å²) in [5.41, 5.74) is 0.638. The van der Waals surface area contributed by atoms with Crippen molar-refractivity contribution in [1.82, 2.24) is 10.2 Å². The molecule has 1 heterocycles. The van der Waals surface area contributed by atoms with Crippen LogP contribution in [0, 0.1) is 5.92 Å². The van der Waals surface area contributed by atoms with Gasteiger partial charge in [0.15, 0.2) is 0 Å². The second-order valence-corrected chi connectivity index (χ2v) is 6.06. The van der Waals surface area contributed by atoms with Crippen LogP contribution >= 0.6 is 11.3 Å². The number of aliphatic hydroxyl groups is 1. The summed E-state index contributed by atoms with van der Waals surface area (Å²) in [5.74, 6) is 0.306. The molecule has 5 nitrogen and oxygen atoms in total. The summed E-state index contributed by atoms with van der Waals surface area (Å²) < 4.78 is 0. The van der Waals surface area contributed by atoms with Crippen molar-refractivity contribution in [2.24, 2.45) is 5.92 Å². The third-order valence-electron chi connectivity index (χ3n) is 3.58. The zero-order valence-electron chi connectivity index (χ0n) is 11.5. The van der Waals surface area contributed by atoms with Gasteiger partial charge in [0.05, 0.1) is 6.10 Å². The minimum atomic E-state index is -0.187. The van der Waals surface area contributed by atoms with Gasteiger partial charge in [-0.1, -0.05) is 0 Å². The highest BCUT2D eigenvalue weighted by Gasteiger charge is 2.28. The number of nitrogens with one attached hydrogen (secondary N) is 1. The molecule has 1 aliphatic carbocycles. The molecule has 0 aromatic carbocycles. The van der Waals surface area contributed by atoms with Gasteiger partial charge < -0.3 is 15.3 Å². The van der Waals surface area contributed by atoms with E-state index in [1.54, 1.807) is 23.4 Å². The maximum Gasteiger partial charge on any atom is 0.252 e. The molecule has 1 aromatic rings. The lowest BCUT2D eigenvalue weighted by Gasteiger charge is -2.34. The molecule has 0 unspecified atom stereocenters. The highest BCUT2D eigenvalue weighted by molar-refractivity contribution is 7.08. The topological polar surface area (TPSA) is 69.6 Å². The highest BCUT2D eigenvalue weighted by Crippen LogP contribution is 2.27. The van der Waals surface area contributed by atoms with Crippen LogP contribution in [-0.2, 0) is 4.79 Å². The Kier molecular flexibility index (Phi) is 5.14. The fourth-order valence-corrected chi connectivity index (χ4v) is 2.94. The summed E-state index contributed by atoms with van der Waals surface area (Å²) in [6.07, 6.45) is 1.69. The van der Waals surface area contributed by atoms with E-state index in [1.807, 2.05) is 5.38 Å². The molecule has 1 aromatic heterocycles. The van der Waals surface area contributed by atoms with Gasteiger partial charge in [0, 0.05) is 37.5 Å². The number of thiophene rings is 1. The quantitative estimate of drug-likeness (QED) is 0.826. The monoisotopic (exact) mass is 296 g/mol. The summed E-state index contributed by atoms with van der Waals surface area (Å²) in [6, 6.07) is 1.76. The van der Waals surface area contributed by atoms with Crippen LogP contribution in [0.5, 0.6) is 0 Å². The van der Waals surface area contributed by atoms with Crippen molar-refractivity contribution in [2.45, 2.75) is 25.4 Å². The fraction of sp³-hybridized carbons (Fsp3) is 0.571. The Morgan fingerprint density at radius 3 is 2.85 bits per heavy atom. The number of carbonyl (C=O) groups is 2. The van der Waals surface area contributed by atoms with Crippen molar-refractivity contribution in [3.8, 4) is 0 Å². The number of amides is 2. The van der Waals surface area contributed by atoms with E-state index in [-0.39, 0.29) is 17.9 Å². The molecular formula is C14H20N2O3S. The zero-order chi connectivity index (χ0) is 14.5. The lowest BCUT2D eigenvalue weighted by molar-refractivity contribution is -0.131. The molecule has 2 amide bonds. The minimum absolute atomic E-state index is 0.0250. The Morgan fingerprint density at radius 1 is 1.50 bits per heavy atom. The van der Waals surface area contributed by atoms with E-state index < -0.39 is 0 Å². The number of hydrogen-bond donors (Lipinski definition) is 2. The smallest absolute Gasteiger partial charge is 0.252 e. The number of rotatable bonds is 6. The van der Waals surface area contributed by atoms with E-state index in [4.69, 9.17) is 0 Å². The Hall–Kier alpha value is -1.40. The van der Waals surface area contributed by atoms with Crippen LogP contribution in [0.4, 0.5) is 0 Å². The van der Waals surface area contributed by atoms with Crippen LogP contribution < -0.4 is 5.32 Å². The van der Waals surface area contributed by atoms with Gasteiger partial charge >= 0.3 is 0 Å². The van der Waals surface area contributed by atoms with Gasteiger partial charge in [0.2, 0.25) is 5.91 Å². The zero-order valence-corrected chi connectivity index (χ0v) is 12.4. The van der Waals surface area contributed by atoms with Gasteiger partial charge in [-0.3, -0.25) is 9.59 Å². The van der Waals surface area contributed by atoms with E-state index in [0.29, 0.717) is 31.0 Å². The Morgan fingerprint density at radius 2 is 2.25 bits per heavy atom. The molecule has 20 heavy (non-hydrogen) atoms. The maximum atomic E-state index is 11.9. The summed E-state index contributed by atoms with van der Waals surface area (Å²) in [5, 5.41) is 15.6. The van der Waals surface area contributed by atoms with Gasteiger partial charge in [0.25, 0.3) is 5.91 Å². The molecule has 0 aliphatic heterocycles. The van der Waals surface area contributed by atoms with E-state index in [9.17, 15) is 14.7 Å². The molecule has 2 rings (SSSR count). The minimum Gasteiger partial charge on any atom is -0.393 e. The molecule has 110 valence electrons. The molecule has 1 fully saturated rings. The van der Waals surface area contributed by atoms with Crippen molar-refractivity contribution >= 4 is 23.2 Å². The van der Waals surface area contributed by atoms with Crippen molar-refractivity contribution < 1.29 is 14.7 Å². The first-order valence-corrected chi connectivity index (χ1v) is 7.73. The van der Waals surface area contributed by atoms with Crippen LogP contribution in [0.3, 0.4) is 0 Å². The van der Waals surface area contributed by atoms with Crippen molar-refractivity contribution in [3.63, 3.8) is 0 Å². The largest absolute Gasteiger partial charge is 0.393 e. The fourth-order valence-electron chi connectivity index (χ4n) is 2.31. The normalized spacial score (nSPS) is 21.1. The van der Waals surface area contributed by atoms with Crippen molar-refractivity contribution in [3.05, 3.63) is 22.4 Å². The predicted octanol–water partition coefficient (Wildman–Crippen LogP) is 1.10. The predicted molar refractivity (Wildman–Crippen MR) is 77.6 cm³/mol. The van der Waals surface area contributed by atoms with Gasteiger partial charge in [-0.05, 0) is 30.2 Å². The third-order valence-corrected chi connectivity index (χ3v) is 4.26. The van der Waals surface area contributed by atoms with Gasteiger partial charge in [-0.25, -0.2) is 0 Å². The first-order valence-electron chi connectivity index (χ1n) is 6.78. The van der Waals surface area contributed by atoms with E-state index in [2.05, 4.69) is 5.32 Å². The lowest BCUT2D eigenvalue weighted by atomic mass is 9.82. The first-order chi connectivity index (χ1) is 9.56. The number of aliphatic hydroxyl groups excluding tert-OH is 1. The lowest BCUT2D eigenvalue weighted by Crippen LogP contribution is -2.40. The molecule has 0 bridgehead atoms. The molecule has 2 N–H and O–H groups in total. The summed E-state index contributed by atoms with van der Waals surface area (Å²) in [6.45, 7) is 1.04. The van der Waals surface area contributed by atoms with E-state index in [0.717, 1.165) is 12.8 Å². The first kappa shape index (κ1) is 15.0. The number of hydrogen-bond acceptors (Lipinski definition) is 4. The molecule has 0 atom stereocenters. The second kappa shape index (κ2) is 6.85. The third kappa shape index (κ3) is 4.05. The average Bonchev–Trinajstić information content (AvgIpc) is 2.90. The molecule has 6 heteroatoms.